The van der Waals surface area contributed by atoms with Crippen molar-refractivity contribution >= 4 is 17.9 Å². The minimum Gasteiger partial charge on any atom is -0.394 e. The van der Waals surface area contributed by atoms with Crippen LogP contribution in [0.2, 0.25) is 0 Å². The summed E-state index contributed by atoms with van der Waals surface area (Å²) >= 11 is 0.848. The van der Waals surface area contributed by atoms with Gasteiger partial charge in [0.05, 0.1) is 40.4 Å². The number of carbonyl (C=O) groups is 1. The molecular weight excluding hydrogens is 689 g/mol. The molecule has 0 aromatic carbocycles. The first kappa shape index (κ1) is 53.7. The summed E-state index contributed by atoms with van der Waals surface area (Å²) in [6, 6.07) is 0. The second kappa shape index (κ2) is 40.8. The van der Waals surface area contributed by atoms with Crippen LogP contribution in [0.25, 0.3) is 0 Å². The van der Waals surface area contributed by atoms with Gasteiger partial charge in [-0.15, -0.1) is 0 Å². The van der Waals surface area contributed by atoms with Crippen LogP contribution in [0, 0.1) is 0 Å². The van der Waals surface area contributed by atoms with Crippen LogP contribution in [0.1, 0.15) is 239 Å². The number of hydrogen-bond donors (Lipinski definition) is 3. The van der Waals surface area contributed by atoms with Gasteiger partial charge in [0.2, 0.25) is 5.91 Å². The van der Waals surface area contributed by atoms with Gasteiger partial charge < -0.3 is 20.0 Å². The lowest BCUT2D eigenvalue weighted by Crippen LogP contribution is -2.57. The van der Waals surface area contributed by atoms with Crippen LogP contribution >= 0.6 is 0 Å². The summed E-state index contributed by atoms with van der Waals surface area (Å²) in [5.74, 6) is 0.811. The maximum absolute atomic E-state index is 12.6. The molecule has 0 aliphatic heterocycles. The van der Waals surface area contributed by atoms with Gasteiger partial charge in [-0.3, -0.25) is 4.79 Å². The van der Waals surface area contributed by atoms with Crippen LogP contribution in [-0.2, 0) is 21.0 Å². The Labute approximate surface area is 342 Å². The molecule has 1 amide bonds. The van der Waals surface area contributed by atoms with Crippen LogP contribution in [0.15, 0.2) is 0 Å². The van der Waals surface area contributed by atoms with Gasteiger partial charge in [0.1, 0.15) is 29.9 Å². The number of quaternary nitrogens is 1. The highest BCUT2D eigenvalue weighted by Gasteiger charge is 2.33. The number of hydrogen-bond acceptors (Lipinski definition) is 4. The molecular formula is C47H98N2O4S+2. The molecule has 0 fully saturated rings. The molecule has 0 aliphatic carbocycles. The van der Waals surface area contributed by atoms with Gasteiger partial charge >= 0.3 is 0 Å². The van der Waals surface area contributed by atoms with Crippen LogP contribution in [0.3, 0.4) is 0 Å². The topological polar surface area (TPSA) is 78.8 Å². The second-order valence-electron chi connectivity index (χ2n) is 17.7. The van der Waals surface area contributed by atoms with Crippen LogP contribution < -0.4 is 5.32 Å². The lowest BCUT2D eigenvalue weighted by molar-refractivity contribution is -0.890. The monoisotopic (exact) mass is 787 g/mol. The van der Waals surface area contributed by atoms with E-state index in [0.717, 1.165) is 48.1 Å². The Morgan fingerprint density at radius 3 is 1.17 bits per heavy atom. The quantitative estimate of drug-likeness (QED) is 0.0249. The van der Waals surface area contributed by atoms with Crippen LogP contribution in [0.5, 0.6) is 0 Å². The zero-order valence-electron chi connectivity index (χ0n) is 37.1. The molecule has 0 unspecified atom stereocenters. The number of rotatable bonds is 45. The SMILES string of the molecule is CCCCCCCCCCCCCCCCCCCCCC[N+](C)(C)CCC[SH+]OCC(CO)(CO)NC(=O)CCCCCCCCCCCCCCC. The van der Waals surface area contributed by atoms with E-state index in [2.05, 4.69) is 33.3 Å². The fourth-order valence-electron chi connectivity index (χ4n) is 7.62. The summed E-state index contributed by atoms with van der Waals surface area (Å²) in [6.07, 6.45) is 46.5. The van der Waals surface area contributed by atoms with Crippen molar-refractivity contribution in [1.29, 1.82) is 0 Å². The van der Waals surface area contributed by atoms with E-state index in [1.807, 2.05) is 0 Å². The Morgan fingerprint density at radius 2 is 0.815 bits per heavy atom. The molecule has 0 radical (unpaired) electrons. The van der Waals surface area contributed by atoms with E-state index in [1.165, 1.54) is 206 Å². The van der Waals surface area contributed by atoms with Crippen molar-refractivity contribution in [3.8, 4) is 0 Å². The third-order valence-corrected chi connectivity index (χ3v) is 12.4. The normalized spacial score (nSPS) is 12.2. The highest BCUT2D eigenvalue weighted by Crippen LogP contribution is 2.17. The summed E-state index contributed by atoms with van der Waals surface area (Å²) in [6.45, 7) is 6.38. The van der Waals surface area contributed by atoms with Crippen molar-refractivity contribution < 1.29 is 23.7 Å². The standard InChI is InChI=1S/C47H96N2O4S/c1-5-7-9-11-13-15-17-19-20-21-22-23-24-25-27-29-31-33-35-37-40-49(3,4)41-38-42-54-53-45-47(43-50,44-51)48-46(52)39-36-34-32-30-28-26-18-16-14-12-10-8-6-2/h50-51H,5-45H2,1-4H3/p+2. The van der Waals surface area contributed by atoms with Crippen molar-refractivity contribution in [2.75, 3.05) is 52.8 Å². The van der Waals surface area contributed by atoms with E-state index in [9.17, 15) is 15.0 Å². The van der Waals surface area contributed by atoms with Crippen molar-refractivity contribution in [1.82, 2.24) is 5.32 Å². The van der Waals surface area contributed by atoms with Gasteiger partial charge in [-0.1, -0.05) is 206 Å². The average molecular weight is 787 g/mol. The van der Waals surface area contributed by atoms with Crippen LogP contribution in [-0.4, -0.2) is 78.9 Å². The minimum absolute atomic E-state index is 0.106. The van der Waals surface area contributed by atoms with Gasteiger partial charge in [-0.05, 0) is 19.3 Å². The summed E-state index contributed by atoms with van der Waals surface area (Å²) in [7, 11) is 4.67. The number of aliphatic hydroxyl groups excluding tert-OH is 2. The predicted molar refractivity (Wildman–Crippen MR) is 239 cm³/mol. The number of thiol groups is 1. The smallest absolute Gasteiger partial charge is 0.220 e. The van der Waals surface area contributed by atoms with E-state index in [0.29, 0.717) is 6.42 Å². The average Bonchev–Trinajstić information content (AvgIpc) is 3.16. The molecule has 0 heterocycles. The number of aliphatic hydroxyl groups is 2. The number of carbonyl (C=O) groups excluding carboxylic acids is 1. The molecule has 0 rings (SSSR count). The zero-order chi connectivity index (χ0) is 39.7. The highest BCUT2D eigenvalue weighted by molar-refractivity contribution is 7.73. The molecule has 0 saturated carbocycles. The molecule has 0 atom stereocenters. The predicted octanol–water partition coefficient (Wildman–Crippen LogP) is 12.3. The third-order valence-electron chi connectivity index (χ3n) is 11.6. The summed E-state index contributed by atoms with van der Waals surface area (Å²) in [5.41, 5.74) is -1.11. The number of nitrogens with zero attached hydrogens (tertiary/aromatic N) is 1. The lowest BCUT2D eigenvalue weighted by Gasteiger charge is -2.29. The minimum atomic E-state index is -1.11. The van der Waals surface area contributed by atoms with Crippen molar-refractivity contribution in [3.63, 3.8) is 0 Å². The van der Waals surface area contributed by atoms with E-state index in [1.54, 1.807) is 0 Å². The fraction of sp³-hybridized carbons (Fsp3) is 0.979. The maximum atomic E-state index is 12.6. The molecule has 0 aromatic rings. The van der Waals surface area contributed by atoms with Gasteiger partial charge in [0.15, 0.2) is 0 Å². The summed E-state index contributed by atoms with van der Waals surface area (Å²) in [5, 5.41) is 22.9. The Balaban J connectivity index is 3.70. The molecule has 0 saturated heterocycles. The molecule has 0 aromatic heterocycles. The highest BCUT2D eigenvalue weighted by atomic mass is 32.2. The first-order valence-corrected chi connectivity index (χ1v) is 25.0. The first-order chi connectivity index (χ1) is 26.3. The molecule has 0 aliphatic rings. The van der Waals surface area contributed by atoms with Crippen molar-refractivity contribution in [3.05, 3.63) is 0 Å². The van der Waals surface area contributed by atoms with E-state index < -0.39 is 5.54 Å². The Kier molecular flexibility index (Phi) is 40.6. The molecule has 0 bridgehead atoms. The zero-order valence-corrected chi connectivity index (χ0v) is 38.0. The Hall–Kier alpha value is -0.340. The number of unbranched alkanes of at least 4 members (excludes halogenated alkanes) is 31. The molecule has 3 N–H and O–H groups in total. The van der Waals surface area contributed by atoms with Crippen molar-refractivity contribution in [2.45, 2.75) is 244 Å². The van der Waals surface area contributed by atoms with Gasteiger partial charge in [-0.25, -0.2) is 0 Å². The molecule has 0 spiro atoms. The lowest BCUT2D eigenvalue weighted by atomic mass is 10.0. The summed E-state index contributed by atoms with van der Waals surface area (Å²) < 4.78 is 6.90. The maximum Gasteiger partial charge on any atom is 0.220 e. The molecule has 6 nitrogen and oxygen atoms in total. The third kappa shape index (κ3) is 37.2. The van der Waals surface area contributed by atoms with E-state index in [4.69, 9.17) is 4.18 Å². The molecule has 324 valence electrons. The van der Waals surface area contributed by atoms with Gasteiger partial charge in [-0.2, -0.15) is 4.18 Å². The van der Waals surface area contributed by atoms with Gasteiger partial charge in [0, 0.05) is 12.8 Å². The second-order valence-corrected chi connectivity index (χ2v) is 18.7. The van der Waals surface area contributed by atoms with Gasteiger partial charge in [0.25, 0.3) is 0 Å². The van der Waals surface area contributed by atoms with E-state index >= 15 is 0 Å². The number of nitrogens with one attached hydrogen (secondary N) is 1. The van der Waals surface area contributed by atoms with E-state index in [-0.39, 0.29) is 25.7 Å². The number of amides is 1. The largest absolute Gasteiger partial charge is 0.394 e. The first-order valence-electron chi connectivity index (χ1n) is 24.0. The van der Waals surface area contributed by atoms with Crippen molar-refractivity contribution in [2.24, 2.45) is 0 Å². The fourth-order valence-corrected chi connectivity index (χ4v) is 8.36. The van der Waals surface area contributed by atoms with Crippen LogP contribution in [0.4, 0.5) is 0 Å². The Morgan fingerprint density at radius 1 is 0.500 bits per heavy atom. The Bertz CT molecular complexity index is 764. The summed E-state index contributed by atoms with van der Waals surface area (Å²) in [4.78, 5) is 12.6. The molecule has 54 heavy (non-hydrogen) atoms. The molecule has 7 heteroatoms.